The molecular weight excluding hydrogens is 252 g/mol. The van der Waals surface area contributed by atoms with E-state index in [0.29, 0.717) is 18.7 Å². The zero-order chi connectivity index (χ0) is 14.5. The highest BCUT2D eigenvalue weighted by molar-refractivity contribution is 5.37. The van der Waals surface area contributed by atoms with Crippen molar-refractivity contribution in [3.8, 4) is 5.75 Å². The zero-order valence-electron chi connectivity index (χ0n) is 12.8. The third kappa shape index (κ3) is 3.51. The van der Waals surface area contributed by atoms with Gasteiger partial charge in [0.2, 0.25) is 0 Å². The molecule has 1 saturated heterocycles. The van der Waals surface area contributed by atoms with Gasteiger partial charge in [-0.25, -0.2) is 0 Å². The van der Waals surface area contributed by atoms with Gasteiger partial charge < -0.3 is 15.2 Å². The fourth-order valence-corrected chi connectivity index (χ4v) is 2.77. The lowest BCUT2D eigenvalue weighted by atomic mass is 10.1. The van der Waals surface area contributed by atoms with Gasteiger partial charge in [0.25, 0.3) is 0 Å². The van der Waals surface area contributed by atoms with Crippen LogP contribution in [0.25, 0.3) is 0 Å². The fourth-order valence-electron chi connectivity index (χ4n) is 2.77. The molecule has 1 aliphatic rings. The number of methoxy groups -OCH3 is 1. The highest BCUT2D eigenvalue weighted by Crippen LogP contribution is 2.23. The van der Waals surface area contributed by atoms with Crippen LogP contribution < -0.4 is 10.5 Å². The lowest BCUT2D eigenvalue weighted by molar-refractivity contribution is -0.0592. The Hall–Kier alpha value is -1.10. The molecule has 2 rings (SSSR count). The number of benzene rings is 1. The minimum atomic E-state index is 0.308. The Bertz CT molecular complexity index is 436. The first kappa shape index (κ1) is 15.3. The summed E-state index contributed by atoms with van der Waals surface area (Å²) in [5, 5.41) is 0. The van der Waals surface area contributed by atoms with Gasteiger partial charge in [0, 0.05) is 31.2 Å². The molecule has 1 aromatic carbocycles. The summed E-state index contributed by atoms with van der Waals surface area (Å²) in [4.78, 5) is 2.51. The third-order valence-electron chi connectivity index (χ3n) is 4.01. The van der Waals surface area contributed by atoms with Crippen LogP contribution in [0.1, 0.15) is 31.4 Å². The Morgan fingerprint density at radius 2 is 2.25 bits per heavy atom. The first-order valence-corrected chi connectivity index (χ1v) is 7.39. The molecule has 4 heteroatoms. The molecule has 0 amide bonds. The molecule has 1 aliphatic heterocycles. The quantitative estimate of drug-likeness (QED) is 0.896. The van der Waals surface area contributed by atoms with Crippen LogP contribution in [-0.4, -0.2) is 37.3 Å². The maximum Gasteiger partial charge on any atom is 0.123 e. The van der Waals surface area contributed by atoms with Crippen molar-refractivity contribution < 1.29 is 9.47 Å². The molecule has 0 saturated carbocycles. The first-order valence-electron chi connectivity index (χ1n) is 7.39. The standard InChI is InChI=1S/C16H26N2O2/c1-4-15-11-20-12(2)9-18(15)10-13-5-6-14(8-17)16(7-13)19-3/h5-7,12,15H,4,8-11,17H2,1-3H3. The second-order valence-electron chi connectivity index (χ2n) is 5.49. The maximum atomic E-state index is 5.75. The molecule has 112 valence electrons. The maximum absolute atomic E-state index is 5.75. The molecule has 0 aromatic heterocycles. The summed E-state index contributed by atoms with van der Waals surface area (Å²) in [7, 11) is 1.70. The monoisotopic (exact) mass is 278 g/mol. The van der Waals surface area contributed by atoms with Crippen LogP contribution in [0.3, 0.4) is 0 Å². The number of hydrogen-bond donors (Lipinski definition) is 1. The lowest BCUT2D eigenvalue weighted by Gasteiger charge is -2.38. The highest BCUT2D eigenvalue weighted by Gasteiger charge is 2.25. The second kappa shape index (κ2) is 7.07. The zero-order valence-corrected chi connectivity index (χ0v) is 12.8. The molecule has 20 heavy (non-hydrogen) atoms. The molecule has 4 nitrogen and oxygen atoms in total. The average Bonchev–Trinajstić information content (AvgIpc) is 2.47. The van der Waals surface area contributed by atoms with Crippen LogP contribution in [0, 0.1) is 0 Å². The van der Waals surface area contributed by atoms with Crippen LogP contribution in [-0.2, 0) is 17.8 Å². The number of morpholine rings is 1. The predicted molar refractivity (Wildman–Crippen MR) is 80.8 cm³/mol. The Morgan fingerprint density at radius 3 is 2.90 bits per heavy atom. The van der Waals surface area contributed by atoms with E-state index in [9.17, 15) is 0 Å². The van der Waals surface area contributed by atoms with E-state index >= 15 is 0 Å². The molecule has 2 N–H and O–H groups in total. The summed E-state index contributed by atoms with van der Waals surface area (Å²) in [6, 6.07) is 6.83. The largest absolute Gasteiger partial charge is 0.496 e. The number of nitrogens with zero attached hydrogens (tertiary/aromatic N) is 1. The van der Waals surface area contributed by atoms with E-state index in [1.807, 2.05) is 0 Å². The molecule has 0 bridgehead atoms. The smallest absolute Gasteiger partial charge is 0.123 e. The minimum absolute atomic E-state index is 0.308. The second-order valence-corrected chi connectivity index (χ2v) is 5.49. The van der Waals surface area contributed by atoms with Gasteiger partial charge in [-0.3, -0.25) is 4.90 Å². The third-order valence-corrected chi connectivity index (χ3v) is 4.01. The van der Waals surface area contributed by atoms with Crippen LogP contribution in [0.15, 0.2) is 18.2 Å². The number of hydrogen-bond acceptors (Lipinski definition) is 4. The van der Waals surface area contributed by atoms with Crippen molar-refractivity contribution in [1.29, 1.82) is 0 Å². The van der Waals surface area contributed by atoms with E-state index < -0.39 is 0 Å². The summed E-state index contributed by atoms with van der Waals surface area (Å²) in [6.45, 7) is 7.62. The van der Waals surface area contributed by atoms with Gasteiger partial charge in [-0.05, 0) is 25.0 Å². The minimum Gasteiger partial charge on any atom is -0.496 e. The fraction of sp³-hybridized carbons (Fsp3) is 0.625. The van der Waals surface area contributed by atoms with Crippen molar-refractivity contribution in [2.45, 2.75) is 45.5 Å². The van der Waals surface area contributed by atoms with Crippen molar-refractivity contribution >= 4 is 0 Å². The highest BCUT2D eigenvalue weighted by atomic mass is 16.5. The molecule has 0 aliphatic carbocycles. The van der Waals surface area contributed by atoms with Gasteiger partial charge in [0.05, 0.1) is 19.8 Å². The molecule has 2 atom stereocenters. The van der Waals surface area contributed by atoms with Gasteiger partial charge in [-0.1, -0.05) is 19.1 Å². The predicted octanol–water partition coefficient (Wildman–Crippen LogP) is 2.15. The van der Waals surface area contributed by atoms with Crippen molar-refractivity contribution in [3.05, 3.63) is 29.3 Å². The molecular formula is C16H26N2O2. The van der Waals surface area contributed by atoms with Gasteiger partial charge in [-0.2, -0.15) is 0 Å². The van der Waals surface area contributed by atoms with Gasteiger partial charge in [0.1, 0.15) is 5.75 Å². The Balaban J connectivity index is 2.11. The first-order chi connectivity index (χ1) is 9.67. The average molecular weight is 278 g/mol. The van der Waals surface area contributed by atoms with Crippen molar-refractivity contribution in [3.63, 3.8) is 0 Å². The summed E-state index contributed by atoms with van der Waals surface area (Å²) >= 11 is 0. The van der Waals surface area contributed by atoms with Crippen LogP contribution in [0.4, 0.5) is 0 Å². The Labute approximate surface area is 121 Å². The molecule has 0 spiro atoms. The normalized spacial score (nSPS) is 23.8. The summed E-state index contributed by atoms with van der Waals surface area (Å²) in [5.74, 6) is 0.888. The SMILES string of the molecule is CCC1COC(C)CN1Cc1ccc(CN)c(OC)c1. The van der Waals surface area contributed by atoms with Gasteiger partial charge >= 0.3 is 0 Å². The molecule has 2 unspecified atom stereocenters. The Morgan fingerprint density at radius 1 is 1.45 bits per heavy atom. The number of ether oxygens (including phenoxy) is 2. The summed E-state index contributed by atoms with van der Waals surface area (Å²) < 4.78 is 11.2. The topological polar surface area (TPSA) is 47.7 Å². The summed E-state index contributed by atoms with van der Waals surface area (Å²) in [6.07, 6.45) is 1.42. The molecule has 1 fully saturated rings. The van der Waals surface area contributed by atoms with E-state index in [2.05, 4.69) is 36.9 Å². The van der Waals surface area contributed by atoms with Crippen LogP contribution in [0.5, 0.6) is 5.75 Å². The van der Waals surface area contributed by atoms with Gasteiger partial charge in [0.15, 0.2) is 0 Å². The van der Waals surface area contributed by atoms with Crippen LogP contribution >= 0.6 is 0 Å². The lowest BCUT2D eigenvalue weighted by Crippen LogP contribution is -2.47. The van der Waals surface area contributed by atoms with Crippen molar-refractivity contribution in [1.82, 2.24) is 4.90 Å². The van der Waals surface area contributed by atoms with E-state index in [4.69, 9.17) is 15.2 Å². The van der Waals surface area contributed by atoms with E-state index in [-0.39, 0.29) is 0 Å². The van der Waals surface area contributed by atoms with Gasteiger partial charge in [-0.15, -0.1) is 0 Å². The Kier molecular flexibility index (Phi) is 5.40. The number of rotatable bonds is 5. The van der Waals surface area contributed by atoms with E-state index in [1.165, 1.54) is 5.56 Å². The molecule has 0 radical (unpaired) electrons. The molecule has 1 heterocycles. The van der Waals surface area contributed by atoms with Crippen molar-refractivity contribution in [2.75, 3.05) is 20.3 Å². The van der Waals surface area contributed by atoms with Crippen molar-refractivity contribution in [2.24, 2.45) is 5.73 Å². The molecule has 1 aromatic rings. The summed E-state index contributed by atoms with van der Waals surface area (Å²) in [5.41, 5.74) is 8.04. The van der Waals surface area contributed by atoms with E-state index in [0.717, 1.165) is 37.4 Å². The number of nitrogens with two attached hydrogens (primary N) is 1. The van der Waals surface area contributed by atoms with Crippen LogP contribution in [0.2, 0.25) is 0 Å². The van der Waals surface area contributed by atoms with E-state index in [1.54, 1.807) is 7.11 Å².